The van der Waals surface area contributed by atoms with E-state index in [9.17, 15) is 5.11 Å². The third-order valence-electron chi connectivity index (χ3n) is 2.33. The second-order valence-corrected chi connectivity index (χ2v) is 4.87. The van der Waals surface area contributed by atoms with E-state index in [2.05, 4.69) is 5.32 Å². The Kier molecular flexibility index (Phi) is 8.36. The molecule has 0 aromatic heterocycles. The van der Waals surface area contributed by atoms with Crippen LogP contribution in [0.1, 0.15) is 19.4 Å². The molecule has 2 N–H and O–H groups in total. The summed E-state index contributed by atoms with van der Waals surface area (Å²) in [5, 5.41) is 13.5. The van der Waals surface area contributed by atoms with Crippen LogP contribution in [-0.2, 0) is 0 Å². The normalized spacial score (nSPS) is 12.1. The Morgan fingerprint density at radius 3 is 2.61 bits per heavy atom. The van der Waals surface area contributed by atoms with E-state index in [1.54, 1.807) is 6.07 Å². The van der Waals surface area contributed by atoms with Gasteiger partial charge >= 0.3 is 0 Å². The van der Waals surface area contributed by atoms with E-state index in [-0.39, 0.29) is 19.0 Å². The predicted molar refractivity (Wildman–Crippen MR) is 70.8 cm³/mol. The number of nitrogens with one attached hydrogen (secondary N) is 1. The number of halogens is 2. The van der Waals surface area contributed by atoms with Gasteiger partial charge in [0.15, 0.2) is 0 Å². The maximum Gasteiger partial charge on any atom is 0.122 e. The fraction of sp³-hybridized carbons (Fsp3) is 0.538. The van der Waals surface area contributed by atoms with Gasteiger partial charge in [0, 0.05) is 17.6 Å². The van der Waals surface area contributed by atoms with Gasteiger partial charge in [0.1, 0.15) is 18.5 Å². The fourth-order valence-corrected chi connectivity index (χ4v) is 1.62. The number of hydrogen-bond acceptors (Lipinski definition) is 3. The van der Waals surface area contributed by atoms with Crippen LogP contribution in [0.3, 0.4) is 0 Å². The largest absolute Gasteiger partial charge is 1.00 e. The Hall–Kier alpha value is -0.480. The lowest BCUT2D eigenvalue weighted by atomic mass is 10.2. The summed E-state index contributed by atoms with van der Waals surface area (Å²) in [6.07, 6.45) is -0.507. The lowest BCUT2D eigenvalue weighted by Crippen LogP contribution is -3.00. The van der Waals surface area contributed by atoms with Crippen LogP contribution in [0.4, 0.5) is 0 Å². The first-order valence-corrected chi connectivity index (χ1v) is 6.17. The van der Waals surface area contributed by atoms with Crippen molar-refractivity contribution >= 4 is 11.6 Å². The summed E-state index contributed by atoms with van der Waals surface area (Å²) < 4.78 is 5.54. The molecule has 0 bridgehead atoms. The molecule has 1 aromatic carbocycles. The first-order valence-electron chi connectivity index (χ1n) is 5.79. The van der Waals surface area contributed by atoms with Crippen molar-refractivity contribution in [2.75, 3.05) is 13.2 Å². The molecule has 104 valence electrons. The van der Waals surface area contributed by atoms with Crippen molar-refractivity contribution in [3.63, 3.8) is 0 Å². The highest BCUT2D eigenvalue weighted by molar-refractivity contribution is 6.30. The summed E-state index contributed by atoms with van der Waals surface area (Å²) in [6.45, 7) is 6.82. The number of benzene rings is 1. The molecule has 0 heterocycles. The Bertz CT molecular complexity index is 359. The molecule has 0 aliphatic rings. The van der Waals surface area contributed by atoms with Gasteiger partial charge in [-0.15, -0.1) is 0 Å². The van der Waals surface area contributed by atoms with E-state index < -0.39 is 6.10 Å². The summed E-state index contributed by atoms with van der Waals surface area (Å²) in [5.74, 6) is 0.762. The standard InChI is InChI=1S/C13H20ClNO2.ClH/c1-9(2)15-7-12(16)8-17-13-5-4-11(14)6-10(13)3;/h4-6,9,12,15-16H,7-8H2,1-3H3;1H/p-1. The summed E-state index contributed by atoms with van der Waals surface area (Å²) in [7, 11) is 0. The predicted octanol–water partition coefficient (Wildman–Crippen LogP) is -0.610. The van der Waals surface area contributed by atoms with E-state index in [1.807, 2.05) is 32.9 Å². The third kappa shape index (κ3) is 6.45. The minimum Gasteiger partial charge on any atom is -1.00 e. The number of aliphatic hydroxyl groups is 1. The maximum absolute atomic E-state index is 9.69. The van der Waals surface area contributed by atoms with Gasteiger partial charge < -0.3 is 27.6 Å². The zero-order valence-electron chi connectivity index (χ0n) is 10.9. The molecule has 0 amide bonds. The van der Waals surface area contributed by atoms with Crippen molar-refractivity contribution < 1.29 is 22.3 Å². The van der Waals surface area contributed by atoms with Crippen molar-refractivity contribution in [1.82, 2.24) is 5.32 Å². The summed E-state index contributed by atoms with van der Waals surface area (Å²) in [5.41, 5.74) is 0.974. The second-order valence-electron chi connectivity index (χ2n) is 4.44. The maximum atomic E-state index is 9.69. The van der Waals surface area contributed by atoms with Gasteiger partial charge in [0.25, 0.3) is 0 Å². The van der Waals surface area contributed by atoms with Gasteiger partial charge in [-0.2, -0.15) is 0 Å². The molecule has 0 aliphatic carbocycles. The number of hydrogen-bond donors (Lipinski definition) is 2. The van der Waals surface area contributed by atoms with Gasteiger partial charge in [0.2, 0.25) is 0 Å². The van der Waals surface area contributed by atoms with Crippen molar-refractivity contribution in [3.8, 4) is 5.75 Å². The lowest BCUT2D eigenvalue weighted by Gasteiger charge is -2.16. The Morgan fingerprint density at radius 2 is 2.06 bits per heavy atom. The second kappa shape index (κ2) is 8.59. The molecular weight excluding hydrogens is 273 g/mol. The van der Waals surface area contributed by atoms with Crippen LogP contribution in [0.2, 0.25) is 5.02 Å². The van der Waals surface area contributed by atoms with Gasteiger partial charge in [-0.05, 0) is 30.7 Å². The quantitative estimate of drug-likeness (QED) is 0.735. The lowest BCUT2D eigenvalue weighted by molar-refractivity contribution is -0.00000546. The highest BCUT2D eigenvalue weighted by Gasteiger charge is 2.07. The number of aliphatic hydroxyl groups excluding tert-OH is 1. The first kappa shape index (κ1) is 17.5. The molecule has 0 saturated carbocycles. The molecule has 3 nitrogen and oxygen atoms in total. The van der Waals surface area contributed by atoms with Crippen LogP contribution >= 0.6 is 11.6 Å². The Morgan fingerprint density at radius 1 is 1.39 bits per heavy atom. The van der Waals surface area contributed by atoms with Gasteiger partial charge in [-0.1, -0.05) is 25.4 Å². The van der Waals surface area contributed by atoms with E-state index in [0.717, 1.165) is 11.3 Å². The molecule has 18 heavy (non-hydrogen) atoms. The van der Waals surface area contributed by atoms with Crippen molar-refractivity contribution in [2.24, 2.45) is 0 Å². The topological polar surface area (TPSA) is 41.5 Å². The van der Waals surface area contributed by atoms with Crippen LogP contribution in [0, 0.1) is 6.92 Å². The molecular formula is C13H20Cl2NO2-. The van der Waals surface area contributed by atoms with Gasteiger partial charge in [-0.25, -0.2) is 0 Å². The summed E-state index contributed by atoms with van der Waals surface area (Å²) in [6, 6.07) is 5.81. The molecule has 1 rings (SSSR count). The highest BCUT2D eigenvalue weighted by Crippen LogP contribution is 2.21. The molecule has 5 heteroatoms. The monoisotopic (exact) mass is 292 g/mol. The molecule has 0 fully saturated rings. The molecule has 1 aromatic rings. The van der Waals surface area contributed by atoms with Crippen LogP contribution in [0.25, 0.3) is 0 Å². The molecule has 1 atom stereocenters. The molecule has 0 saturated heterocycles. The van der Waals surface area contributed by atoms with Crippen LogP contribution in [-0.4, -0.2) is 30.4 Å². The number of ether oxygens (including phenoxy) is 1. The molecule has 0 spiro atoms. The Labute approximate surface area is 120 Å². The van der Waals surface area contributed by atoms with E-state index >= 15 is 0 Å². The van der Waals surface area contributed by atoms with Crippen molar-refractivity contribution in [1.29, 1.82) is 0 Å². The van der Waals surface area contributed by atoms with E-state index in [1.165, 1.54) is 0 Å². The zero-order chi connectivity index (χ0) is 12.8. The minimum atomic E-state index is -0.507. The zero-order valence-corrected chi connectivity index (χ0v) is 12.4. The Balaban J connectivity index is 0.00000289. The van der Waals surface area contributed by atoms with Crippen LogP contribution < -0.4 is 22.5 Å². The first-order chi connectivity index (χ1) is 7.99. The summed E-state index contributed by atoms with van der Waals surface area (Å²) >= 11 is 5.85. The number of aryl methyl sites for hydroxylation is 1. The molecule has 0 radical (unpaired) electrons. The fourth-order valence-electron chi connectivity index (χ4n) is 1.39. The molecule has 0 aliphatic heterocycles. The number of rotatable bonds is 6. The smallest absolute Gasteiger partial charge is 0.122 e. The third-order valence-corrected chi connectivity index (χ3v) is 2.57. The minimum absolute atomic E-state index is 0. The highest BCUT2D eigenvalue weighted by atomic mass is 35.5. The SMILES string of the molecule is Cc1cc(Cl)ccc1OCC(O)CNC(C)C.[Cl-]. The summed E-state index contributed by atoms with van der Waals surface area (Å²) in [4.78, 5) is 0. The molecule has 1 unspecified atom stereocenters. The van der Waals surface area contributed by atoms with Crippen LogP contribution in [0.5, 0.6) is 5.75 Å². The van der Waals surface area contributed by atoms with Crippen molar-refractivity contribution in [2.45, 2.75) is 32.9 Å². The van der Waals surface area contributed by atoms with Crippen LogP contribution in [0.15, 0.2) is 18.2 Å². The average Bonchev–Trinajstić information content (AvgIpc) is 2.25. The van der Waals surface area contributed by atoms with Gasteiger partial charge in [-0.3, -0.25) is 0 Å². The van der Waals surface area contributed by atoms with E-state index in [0.29, 0.717) is 17.6 Å². The van der Waals surface area contributed by atoms with Gasteiger partial charge in [0.05, 0.1) is 0 Å². The van der Waals surface area contributed by atoms with E-state index in [4.69, 9.17) is 16.3 Å². The average molecular weight is 293 g/mol. The van der Waals surface area contributed by atoms with Crippen molar-refractivity contribution in [3.05, 3.63) is 28.8 Å².